The highest BCUT2D eigenvalue weighted by atomic mass is 16.5. The molecule has 3 aromatic rings. The second kappa shape index (κ2) is 12.2. The van der Waals surface area contributed by atoms with Crippen LogP contribution in [0.25, 0.3) is 11.0 Å². The zero-order valence-electron chi connectivity index (χ0n) is 19.5. The molecule has 1 fully saturated rings. The first-order valence-corrected chi connectivity index (χ1v) is 12.2. The lowest BCUT2D eigenvalue weighted by Crippen LogP contribution is -2.23. The van der Waals surface area contributed by atoms with Gasteiger partial charge in [0.05, 0.1) is 24.8 Å². The van der Waals surface area contributed by atoms with E-state index >= 15 is 0 Å². The van der Waals surface area contributed by atoms with E-state index in [9.17, 15) is 4.79 Å². The van der Waals surface area contributed by atoms with E-state index in [0.29, 0.717) is 19.1 Å². The summed E-state index contributed by atoms with van der Waals surface area (Å²) in [5.74, 6) is 1.35. The molecule has 5 N–H and O–H groups in total. The number of H-pyrrole nitrogens is 1. The minimum Gasteiger partial charge on any atom is -0.494 e. The van der Waals surface area contributed by atoms with Crippen LogP contribution in [0.5, 0.6) is 5.75 Å². The number of anilines is 3. The van der Waals surface area contributed by atoms with E-state index in [2.05, 4.69) is 25.6 Å². The number of amides is 1. The fourth-order valence-corrected chi connectivity index (χ4v) is 4.35. The number of rotatable bonds is 12. The van der Waals surface area contributed by atoms with E-state index in [0.717, 1.165) is 59.7 Å². The van der Waals surface area contributed by atoms with Crippen LogP contribution in [0.2, 0.25) is 0 Å². The number of imidazole rings is 1. The van der Waals surface area contributed by atoms with Crippen LogP contribution in [-0.4, -0.2) is 38.7 Å². The maximum atomic E-state index is 11.0. The molecule has 0 saturated heterocycles. The topological polar surface area (TPSA) is 124 Å². The predicted molar refractivity (Wildman–Crippen MR) is 133 cm³/mol. The highest BCUT2D eigenvalue weighted by Crippen LogP contribution is 2.30. The van der Waals surface area contributed by atoms with Gasteiger partial charge in [0.15, 0.2) is 5.82 Å². The van der Waals surface area contributed by atoms with E-state index in [1.807, 2.05) is 30.5 Å². The van der Waals surface area contributed by atoms with Gasteiger partial charge in [-0.25, -0.2) is 15.4 Å². The molecule has 9 heteroatoms. The summed E-state index contributed by atoms with van der Waals surface area (Å²) in [5.41, 5.74) is 5.24. The average molecular weight is 467 g/mol. The van der Waals surface area contributed by atoms with Crippen molar-refractivity contribution in [3.05, 3.63) is 36.8 Å². The fraction of sp³-hybridized carbons (Fsp3) is 0.480. The van der Waals surface area contributed by atoms with Crippen molar-refractivity contribution in [3.8, 4) is 5.75 Å². The first kappa shape index (κ1) is 23.8. The summed E-state index contributed by atoms with van der Waals surface area (Å²) in [6.45, 7) is 0.631. The number of hydroxylamine groups is 1. The molecule has 0 atom stereocenters. The van der Waals surface area contributed by atoms with Crippen LogP contribution in [0.1, 0.15) is 64.2 Å². The molecule has 9 nitrogen and oxygen atoms in total. The number of hydrogen-bond acceptors (Lipinski definition) is 7. The van der Waals surface area contributed by atoms with Crippen molar-refractivity contribution in [2.75, 3.05) is 17.2 Å². The van der Waals surface area contributed by atoms with Gasteiger partial charge in [0.2, 0.25) is 5.91 Å². The Balaban J connectivity index is 1.26. The maximum absolute atomic E-state index is 11.0. The van der Waals surface area contributed by atoms with Crippen LogP contribution >= 0.6 is 0 Å². The molecule has 0 aliphatic heterocycles. The molecular weight excluding hydrogens is 432 g/mol. The lowest BCUT2D eigenvalue weighted by Gasteiger charge is -2.23. The van der Waals surface area contributed by atoms with Crippen molar-refractivity contribution < 1.29 is 14.7 Å². The number of hydrogen-bond donors (Lipinski definition) is 5. The van der Waals surface area contributed by atoms with Gasteiger partial charge in [-0.3, -0.25) is 10.0 Å². The van der Waals surface area contributed by atoms with Gasteiger partial charge in [-0.2, -0.15) is 0 Å². The Labute approximate surface area is 199 Å². The third kappa shape index (κ3) is 6.60. The second-order valence-corrected chi connectivity index (χ2v) is 8.82. The molecule has 1 aliphatic rings. The van der Waals surface area contributed by atoms with Crippen molar-refractivity contribution in [2.45, 2.75) is 70.3 Å². The van der Waals surface area contributed by atoms with Crippen LogP contribution in [-0.2, 0) is 4.79 Å². The average Bonchev–Trinajstić information content (AvgIpc) is 3.37. The number of aromatic nitrogens is 3. The lowest BCUT2D eigenvalue weighted by molar-refractivity contribution is -0.129. The highest BCUT2D eigenvalue weighted by Gasteiger charge is 2.17. The lowest BCUT2D eigenvalue weighted by atomic mass is 9.95. The zero-order chi connectivity index (χ0) is 23.6. The van der Waals surface area contributed by atoms with E-state index in [4.69, 9.17) is 9.94 Å². The van der Waals surface area contributed by atoms with Crippen LogP contribution in [0.3, 0.4) is 0 Å². The first-order valence-electron chi connectivity index (χ1n) is 12.2. The van der Waals surface area contributed by atoms with E-state index in [1.54, 1.807) is 11.8 Å². The number of carbonyl (C=O) groups is 1. The summed E-state index contributed by atoms with van der Waals surface area (Å²) in [7, 11) is 0. The van der Waals surface area contributed by atoms with Gasteiger partial charge in [0.25, 0.3) is 0 Å². The van der Waals surface area contributed by atoms with Gasteiger partial charge in [-0.15, -0.1) is 0 Å². The summed E-state index contributed by atoms with van der Waals surface area (Å²) in [6.07, 6.45) is 13.8. The second-order valence-electron chi connectivity index (χ2n) is 8.82. The third-order valence-electron chi connectivity index (χ3n) is 6.22. The molecule has 1 aliphatic carbocycles. The van der Waals surface area contributed by atoms with E-state index < -0.39 is 0 Å². The van der Waals surface area contributed by atoms with E-state index in [-0.39, 0.29) is 5.91 Å². The summed E-state index contributed by atoms with van der Waals surface area (Å²) in [5, 5.41) is 15.5. The highest BCUT2D eigenvalue weighted by molar-refractivity contribution is 5.95. The minimum absolute atomic E-state index is 0.333. The van der Waals surface area contributed by atoms with E-state index in [1.165, 1.54) is 32.1 Å². The smallest absolute Gasteiger partial charge is 0.243 e. The molecule has 1 amide bonds. The predicted octanol–water partition coefficient (Wildman–Crippen LogP) is 5.28. The SMILES string of the molecule is O=C(CCCCCCOc1ccc(Nc2cnc(NC3CCCCC3)c3[nH]cnc23)cc1)NO. The number of unbranched alkanes of at least 4 members (excludes halogenated alkanes) is 3. The van der Waals surface area contributed by atoms with Gasteiger partial charge in [-0.05, 0) is 49.9 Å². The van der Waals surface area contributed by atoms with Gasteiger partial charge >= 0.3 is 0 Å². The molecule has 0 radical (unpaired) electrons. The molecule has 34 heavy (non-hydrogen) atoms. The summed E-state index contributed by atoms with van der Waals surface area (Å²) in [4.78, 5) is 23.4. The Kier molecular flexibility index (Phi) is 8.56. The van der Waals surface area contributed by atoms with Crippen LogP contribution in [0.4, 0.5) is 17.2 Å². The Hall–Kier alpha value is -3.33. The number of nitrogens with one attached hydrogen (secondary N) is 4. The Bertz CT molecular complexity index is 1050. The molecule has 2 aromatic heterocycles. The van der Waals surface area contributed by atoms with Crippen LogP contribution in [0.15, 0.2) is 36.8 Å². The third-order valence-corrected chi connectivity index (χ3v) is 6.22. The van der Waals surface area contributed by atoms with Crippen molar-refractivity contribution in [1.82, 2.24) is 20.4 Å². The Morgan fingerprint density at radius 1 is 1.06 bits per heavy atom. The molecular formula is C25H34N6O3. The van der Waals surface area contributed by atoms with Gasteiger partial charge in [-0.1, -0.05) is 32.1 Å². The summed E-state index contributed by atoms with van der Waals surface area (Å²) < 4.78 is 5.82. The number of nitrogens with zero attached hydrogens (tertiary/aromatic N) is 2. The number of ether oxygens (including phenoxy) is 1. The molecule has 0 bridgehead atoms. The number of fused-ring (bicyclic) bond motifs is 1. The number of pyridine rings is 1. The van der Waals surface area contributed by atoms with Gasteiger partial charge < -0.3 is 20.4 Å². The molecule has 4 rings (SSSR count). The van der Waals surface area contributed by atoms with Gasteiger partial charge in [0, 0.05) is 18.2 Å². The zero-order valence-corrected chi connectivity index (χ0v) is 19.5. The molecule has 1 aromatic carbocycles. The molecule has 182 valence electrons. The van der Waals surface area contributed by atoms with Crippen LogP contribution < -0.4 is 20.9 Å². The monoisotopic (exact) mass is 466 g/mol. The first-order chi connectivity index (χ1) is 16.7. The molecule has 0 unspecified atom stereocenters. The van der Waals surface area contributed by atoms with Crippen molar-refractivity contribution in [3.63, 3.8) is 0 Å². The molecule has 0 spiro atoms. The van der Waals surface area contributed by atoms with Gasteiger partial charge in [0.1, 0.15) is 16.8 Å². The van der Waals surface area contributed by atoms with Crippen LogP contribution in [0, 0.1) is 0 Å². The van der Waals surface area contributed by atoms with Crippen molar-refractivity contribution in [1.29, 1.82) is 0 Å². The molecule has 1 saturated carbocycles. The summed E-state index contributed by atoms with van der Waals surface area (Å²) >= 11 is 0. The summed E-state index contributed by atoms with van der Waals surface area (Å²) in [6, 6.07) is 8.33. The van der Waals surface area contributed by atoms with Crippen molar-refractivity contribution >= 4 is 34.1 Å². The molecule has 2 heterocycles. The number of benzene rings is 1. The Morgan fingerprint density at radius 2 is 1.85 bits per heavy atom. The normalized spacial score (nSPS) is 14.1. The largest absolute Gasteiger partial charge is 0.494 e. The number of carbonyl (C=O) groups excluding carboxylic acids is 1. The Morgan fingerprint density at radius 3 is 2.65 bits per heavy atom. The van der Waals surface area contributed by atoms with Crippen molar-refractivity contribution in [2.24, 2.45) is 0 Å². The fourth-order valence-electron chi connectivity index (χ4n) is 4.35. The maximum Gasteiger partial charge on any atom is 0.243 e. The standard InChI is InChI=1S/C25H34N6O3/c32-22(31-33)10-6-1-2-7-15-34-20-13-11-19(12-14-20)29-21-16-26-25(24-23(21)27-17-28-24)30-18-8-4-3-5-9-18/h11-14,16-18,29,33H,1-10,15H2,(H,26,30)(H,27,28)(H,31,32). The number of aromatic amines is 1. The minimum atomic E-state index is -0.333. The quantitative estimate of drug-likeness (QED) is 0.140.